The van der Waals surface area contributed by atoms with Gasteiger partial charge in [0.2, 0.25) is 5.91 Å². The number of hydrogen-bond acceptors (Lipinski definition) is 4. The average Bonchev–Trinajstić information content (AvgIpc) is 2.91. The van der Waals surface area contributed by atoms with E-state index in [9.17, 15) is 4.79 Å². The second kappa shape index (κ2) is 6.54. The minimum atomic E-state index is -0.304. The number of aryl methyl sites for hydroxylation is 1. The van der Waals surface area contributed by atoms with Crippen LogP contribution in [0.2, 0.25) is 0 Å². The number of benzene rings is 1. The van der Waals surface area contributed by atoms with Gasteiger partial charge in [-0.25, -0.2) is 0 Å². The Kier molecular flexibility index (Phi) is 4.75. The Labute approximate surface area is 125 Å². The molecule has 0 radical (unpaired) electrons. The van der Waals surface area contributed by atoms with Crippen molar-refractivity contribution in [1.29, 1.82) is 0 Å². The van der Waals surface area contributed by atoms with Crippen LogP contribution in [0.15, 0.2) is 41.1 Å². The lowest BCUT2D eigenvalue weighted by Gasteiger charge is -2.28. The first-order chi connectivity index (χ1) is 9.99. The van der Waals surface area contributed by atoms with Gasteiger partial charge in [-0.1, -0.05) is 35.0 Å². The fourth-order valence-corrected chi connectivity index (χ4v) is 2.35. The first-order valence-electron chi connectivity index (χ1n) is 6.86. The third kappa shape index (κ3) is 3.70. The third-order valence-corrected chi connectivity index (χ3v) is 3.37. The molecule has 0 fully saturated rings. The van der Waals surface area contributed by atoms with Crippen molar-refractivity contribution >= 4 is 5.91 Å². The van der Waals surface area contributed by atoms with Gasteiger partial charge in [0.15, 0.2) is 0 Å². The highest BCUT2D eigenvalue weighted by atomic mass is 16.5. The first-order valence-corrected chi connectivity index (χ1v) is 6.86. The molecule has 0 unspecified atom stereocenters. The van der Waals surface area contributed by atoms with Gasteiger partial charge in [-0.15, -0.1) is 0 Å². The maximum atomic E-state index is 12.7. The predicted octanol–water partition coefficient (Wildman–Crippen LogP) is 2.24. The fraction of sp³-hybridized carbons (Fsp3) is 0.375. The van der Waals surface area contributed by atoms with E-state index in [0.29, 0.717) is 6.54 Å². The standard InChI is InChI=1S/C16H21N3O2/c1-12-6-5-7-13(10-12)15(18(2)3)16(20)19(4)11-14-8-9-21-17-14/h5-10,15H,11H2,1-4H3/t15-/m1/s1. The van der Waals surface area contributed by atoms with Gasteiger partial charge in [0.05, 0.1) is 6.54 Å². The largest absolute Gasteiger partial charge is 0.364 e. The summed E-state index contributed by atoms with van der Waals surface area (Å²) in [6.07, 6.45) is 1.51. The van der Waals surface area contributed by atoms with Crippen LogP contribution in [0.3, 0.4) is 0 Å². The summed E-state index contributed by atoms with van der Waals surface area (Å²) in [7, 11) is 5.60. The molecule has 0 aliphatic rings. The summed E-state index contributed by atoms with van der Waals surface area (Å²) in [5, 5.41) is 3.85. The number of amides is 1. The molecule has 0 N–H and O–H groups in total. The van der Waals surface area contributed by atoms with E-state index in [2.05, 4.69) is 5.16 Å². The zero-order valence-corrected chi connectivity index (χ0v) is 12.9. The van der Waals surface area contributed by atoms with E-state index in [1.807, 2.05) is 50.2 Å². The third-order valence-electron chi connectivity index (χ3n) is 3.37. The Bertz CT molecular complexity index is 593. The Morgan fingerprint density at radius 3 is 2.62 bits per heavy atom. The molecule has 5 heteroatoms. The maximum Gasteiger partial charge on any atom is 0.244 e. The molecule has 112 valence electrons. The number of rotatable bonds is 5. The Hall–Kier alpha value is -2.14. The van der Waals surface area contributed by atoms with Crippen LogP contribution in [0.4, 0.5) is 0 Å². The number of carbonyl (C=O) groups is 1. The van der Waals surface area contributed by atoms with Crippen molar-refractivity contribution in [3.63, 3.8) is 0 Å². The Morgan fingerprint density at radius 1 is 1.29 bits per heavy atom. The van der Waals surface area contributed by atoms with Crippen molar-refractivity contribution in [3.05, 3.63) is 53.4 Å². The molecule has 1 amide bonds. The molecule has 2 rings (SSSR count). The number of carbonyl (C=O) groups excluding carboxylic acids is 1. The molecule has 0 saturated heterocycles. The number of likely N-dealkylation sites (N-methyl/N-ethyl adjacent to an activating group) is 2. The van der Waals surface area contributed by atoms with Crippen LogP contribution in [0.1, 0.15) is 22.9 Å². The highest BCUT2D eigenvalue weighted by molar-refractivity contribution is 5.83. The molecule has 1 heterocycles. The molecule has 0 aliphatic heterocycles. The van der Waals surface area contributed by atoms with Crippen molar-refractivity contribution in [3.8, 4) is 0 Å². The van der Waals surface area contributed by atoms with Crippen LogP contribution in [0, 0.1) is 6.92 Å². The van der Waals surface area contributed by atoms with E-state index in [-0.39, 0.29) is 11.9 Å². The Balaban J connectivity index is 2.19. The van der Waals surface area contributed by atoms with Gasteiger partial charge in [0, 0.05) is 13.1 Å². The zero-order chi connectivity index (χ0) is 15.4. The minimum Gasteiger partial charge on any atom is -0.364 e. The molecule has 0 saturated carbocycles. The summed E-state index contributed by atoms with van der Waals surface area (Å²) < 4.78 is 4.81. The van der Waals surface area contributed by atoms with E-state index >= 15 is 0 Å². The lowest BCUT2D eigenvalue weighted by molar-refractivity contribution is -0.135. The summed E-state index contributed by atoms with van der Waals surface area (Å²) in [4.78, 5) is 16.3. The van der Waals surface area contributed by atoms with E-state index in [0.717, 1.165) is 16.8 Å². The molecule has 5 nitrogen and oxygen atoms in total. The van der Waals surface area contributed by atoms with E-state index in [1.165, 1.54) is 6.26 Å². The van der Waals surface area contributed by atoms with E-state index < -0.39 is 0 Å². The van der Waals surface area contributed by atoms with Gasteiger partial charge in [0.1, 0.15) is 18.0 Å². The van der Waals surface area contributed by atoms with Crippen molar-refractivity contribution in [2.24, 2.45) is 0 Å². The van der Waals surface area contributed by atoms with Crippen LogP contribution >= 0.6 is 0 Å². The van der Waals surface area contributed by atoms with Crippen LogP contribution in [-0.4, -0.2) is 42.0 Å². The lowest BCUT2D eigenvalue weighted by Crippen LogP contribution is -2.38. The van der Waals surface area contributed by atoms with Crippen molar-refractivity contribution in [2.45, 2.75) is 19.5 Å². The molecule has 0 spiro atoms. The minimum absolute atomic E-state index is 0.0357. The smallest absolute Gasteiger partial charge is 0.244 e. The summed E-state index contributed by atoms with van der Waals surface area (Å²) in [6.45, 7) is 2.46. The number of nitrogens with zero attached hydrogens (tertiary/aromatic N) is 3. The van der Waals surface area contributed by atoms with Crippen LogP contribution in [0.5, 0.6) is 0 Å². The highest BCUT2D eigenvalue weighted by Gasteiger charge is 2.26. The molecule has 0 bridgehead atoms. The molecule has 1 aromatic carbocycles. The number of aromatic nitrogens is 1. The molecule has 1 aromatic heterocycles. The van der Waals surface area contributed by atoms with Gasteiger partial charge in [-0.3, -0.25) is 9.69 Å². The van der Waals surface area contributed by atoms with E-state index in [1.54, 1.807) is 18.0 Å². The van der Waals surface area contributed by atoms with Gasteiger partial charge < -0.3 is 9.42 Å². The lowest BCUT2D eigenvalue weighted by atomic mass is 10.0. The molecule has 21 heavy (non-hydrogen) atoms. The predicted molar refractivity (Wildman–Crippen MR) is 80.6 cm³/mol. The summed E-state index contributed by atoms with van der Waals surface area (Å²) in [5.74, 6) is 0.0357. The average molecular weight is 287 g/mol. The molecular weight excluding hydrogens is 266 g/mol. The molecule has 1 atom stereocenters. The van der Waals surface area contributed by atoms with E-state index in [4.69, 9.17) is 4.52 Å². The van der Waals surface area contributed by atoms with Crippen LogP contribution < -0.4 is 0 Å². The molecule has 2 aromatic rings. The van der Waals surface area contributed by atoms with Gasteiger partial charge in [-0.05, 0) is 26.6 Å². The number of hydrogen-bond donors (Lipinski definition) is 0. The summed E-state index contributed by atoms with van der Waals surface area (Å²) in [6, 6.07) is 9.50. The van der Waals surface area contributed by atoms with Crippen molar-refractivity contribution in [2.75, 3.05) is 21.1 Å². The second-order valence-corrected chi connectivity index (χ2v) is 5.47. The maximum absolute atomic E-state index is 12.7. The van der Waals surface area contributed by atoms with Gasteiger partial charge in [-0.2, -0.15) is 0 Å². The highest BCUT2D eigenvalue weighted by Crippen LogP contribution is 2.22. The summed E-state index contributed by atoms with van der Waals surface area (Å²) >= 11 is 0. The first kappa shape index (κ1) is 15.3. The van der Waals surface area contributed by atoms with Crippen LogP contribution in [0.25, 0.3) is 0 Å². The SMILES string of the molecule is Cc1cccc([C@H](C(=O)N(C)Cc2ccon2)N(C)C)c1. The normalized spacial score (nSPS) is 12.4. The quantitative estimate of drug-likeness (QED) is 0.846. The second-order valence-electron chi connectivity index (χ2n) is 5.47. The van der Waals surface area contributed by atoms with Crippen LogP contribution in [-0.2, 0) is 11.3 Å². The zero-order valence-electron chi connectivity index (χ0n) is 12.9. The Morgan fingerprint density at radius 2 is 2.05 bits per heavy atom. The van der Waals surface area contributed by atoms with Gasteiger partial charge in [0.25, 0.3) is 0 Å². The molecule has 0 aliphatic carbocycles. The molecular formula is C16H21N3O2. The topological polar surface area (TPSA) is 49.6 Å². The van der Waals surface area contributed by atoms with Crippen molar-refractivity contribution in [1.82, 2.24) is 15.0 Å². The van der Waals surface area contributed by atoms with Crippen molar-refractivity contribution < 1.29 is 9.32 Å². The monoisotopic (exact) mass is 287 g/mol. The summed E-state index contributed by atoms with van der Waals surface area (Å²) in [5.41, 5.74) is 2.89. The fourth-order valence-electron chi connectivity index (χ4n) is 2.35. The van der Waals surface area contributed by atoms with Gasteiger partial charge >= 0.3 is 0 Å².